The fourth-order valence-electron chi connectivity index (χ4n) is 1.82. The summed E-state index contributed by atoms with van der Waals surface area (Å²) >= 11 is 0. The van der Waals surface area contributed by atoms with Gasteiger partial charge in [0.1, 0.15) is 12.4 Å². The first-order chi connectivity index (χ1) is 7.75. The zero-order valence-corrected chi connectivity index (χ0v) is 9.19. The van der Waals surface area contributed by atoms with Crippen LogP contribution in [0.1, 0.15) is 12.8 Å². The van der Waals surface area contributed by atoms with Gasteiger partial charge in [-0.15, -0.1) is 0 Å². The summed E-state index contributed by atoms with van der Waals surface area (Å²) in [6.45, 7) is 2.04. The van der Waals surface area contributed by atoms with E-state index in [1.54, 1.807) is 6.07 Å². The van der Waals surface area contributed by atoms with E-state index in [0.29, 0.717) is 25.3 Å². The molecule has 2 N–H and O–H groups in total. The Morgan fingerprint density at radius 1 is 1.44 bits per heavy atom. The summed E-state index contributed by atoms with van der Waals surface area (Å²) in [4.78, 5) is 13.2. The van der Waals surface area contributed by atoms with Gasteiger partial charge >= 0.3 is 0 Å². The summed E-state index contributed by atoms with van der Waals surface area (Å²) in [7, 11) is 0. The van der Waals surface area contributed by atoms with Crippen molar-refractivity contribution >= 4 is 11.6 Å². The van der Waals surface area contributed by atoms with Crippen LogP contribution in [0, 0.1) is 0 Å². The van der Waals surface area contributed by atoms with E-state index in [-0.39, 0.29) is 5.91 Å². The maximum absolute atomic E-state index is 11.3. The Balaban J connectivity index is 1.77. The minimum absolute atomic E-state index is 0.233. The van der Waals surface area contributed by atoms with Crippen LogP contribution in [-0.2, 0) is 4.79 Å². The summed E-state index contributed by atoms with van der Waals surface area (Å²) in [6, 6.07) is 7.32. The van der Waals surface area contributed by atoms with E-state index in [9.17, 15) is 4.79 Å². The number of likely N-dealkylation sites (tertiary alicyclic amines) is 1. The van der Waals surface area contributed by atoms with Crippen LogP contribution in [0.5, 0.6) is 5.75 Å². The third-order valence-corrected chi connectivity index (χ3v) is 2.66. The summed E-state index contributed by atoms with van der Waals surface area (Å²) in [6.07, 6.45) is 1.65. The number of hydrogen-bond donors (Lipinski definition) is 1. The number of nitrogens with two attached hydrogens (primary N) is 1. The number of rotatable bonds is 4. The first-order valence-corrected chi connectivity index (χ1v) is 5.52. The number of carbonyl (C=O) groups excluding carboxylic acids is 1. The van der Waals surface area contributed by atoms with Crippen LogP contribution in [0.3, 0.4) is 0 Å². The Hall–Kier alpha value is -1.71. The van der Waals surface area contributed by atoms with Gasteiger partial charge in [0.15, 0.2) is 0 Å². The standard InChI is InChI=1S/C12H16N2O2/c13-10-3-1-4-11(9-10)16-8-7-14-6-2-5-12(14)15/h1,3-4,9H,2,5-8,13H2. The molecule has 0 bridgehead atoms. The van der Waals surface area contributed by atoms with Crippen molar-refractivity contribution in [2.45, 2.75) is 12.8 Å². The normalized spacial score (nSPS) is 15.5. The van der Waals surface area contributed by atoms with Crippen LogP contribution in [0.4, 0.5) is 5.69 Å². The number of nitrogen functional groups attached to an aromatic ring is 1. The second kappa shape index (κ2) is 4.88. The minimum atomic E-state index is 0.233. The van der Waals surface area contributed by atoms with Crippen LogP contribution >= 0.6 is 0 Å². The molecule has 4 heteroatoms. The third-order valence-electron chi connectivity index (χ3n) is 2.66. The minimum Gasteiger partial charge on any atom is -0.492 e. The van der Waals surface area contributed by atoms with E-state index in [1.165, 1.54) is 0 Å². The maximum Gasteiger partial charge on any atom is 0.222 e. The predicted octanol–water partition coefficient (Wildman–Crippen LogP) is 1.27. The Kier molecular flexibility index (Phi) is 3.29. The van der Waals surface area contributed by atoms with Crippen molar-refractivity contribution in [3.05, 3.63) is 24.3 Å². The SMILES string of the molecule is Nc1cccc(OCCN2CCCC2=O)c1. The lowest BCUT2D eigenvalue weighted by atomic mass is 10.3. The van der Waals surface area contributed by atoms with Crippen molar-refractivity contribution in [1.82, 2.24) is 4.90 Å². The van der Waals surface area contributed by atoms with Gasteiger partial charge in [0.2, 0.25) is 5.91 Å². The highest BCUT2D eigenvalue weighted by Crippen LogP contribution is 2.15. The number of carbonyl (C=O) groups is 1. The summed E-state index contributed by atoms with van der Waals surface area (Å²) in [5, 5.41) is 0. The van der Waals surface area contributed by atoms with Crippen LogP contribution in [0.15, 0.2) is 24.3 Å². The molecule has 0 radical (unpaired) electrons. The molecule has 1 aromatic carbocycles. The molecule has 1 aliphatic rings. The van der Waals surface area contributed by atoms with Gasteiger partial charge in [-0.05, 0) is 18.6 Å². The van der Waals surface area contributed by atoms with Gasteiger partial charge < -0.3 is 15.4 Å². The monoisotopic (exact) mass is 220 g/mol. The van der Waals surface area contributed by atoms with Crippen LogP contribution in [-0.4, -0.2) is 30.5 Å². The van der Waals surface area contributed by atoms with Crippen molar-refractivity contribution < 1.29 is 9.53 Å². The lowest BCUT2D eigenvalue weighted by Crippen LogP contribution is -2.29. The molecule has 0 aromatic heterocycles. The van der Waals surface area contributed by atoms with Crippen LogP contribution in [0.2, 0.25) is 0 Å². The molecular formula is C12H16N2O2. The highest BCUT2D eigenvalue weighted by molar-refractivity contribution is 5.78. The lowest BCUT2D eigenvalue weighted by Gasteiger charge is -2.15. The fourth-order valence-corrected chi connectivity index (χ4v) is 1.82. The summed E-state index contributed by atoms with van der Waals surface area (Å²) in [5.41, 5.74) is 6.32. The molecule has 1 aliphatic heterocycles. The quantitative estimate of drug-likeness (QED) is 0.777. The molecule has 0 atom stereocenters. The van der Waals surface area contributed by atoms with Crippen molar-refractivity contribution in [1.29, 1.82) is 0 Å². The van der Waals surface area contributed by atoms with Gasteiger partial charge in [0.05, 0.1) is 6.54 Å². The fraction of sp³-hybridized carbons (Fsp3) is 0.417. The molecule has 0 aliphatic carbocycles. The van der Waals surface area contributed by atoms with Gasteiger partial charge in [-0.25, -0.2) is 0 Å². The van der Waals surface area contributed by atoms with E-state index < -0.39 is 0 Å². The molecule has 1 amide bonds. The Morgan fingerprint density at radius 2 is 2.31 bits per heavy atom. The number of nitrogens with zero attached hydrogens (tertiary/aromatic N) is 1. The second-order valence-corrected chi connectivity index (χ2v) is 3.91. The predicted molar refractivity (Wildman–Crippen MR) is 62.2 cm³/mol. The molecule has 16 heavy (non-hydrogen) atoms. The van der Waals surface area contributed by atoms with Crippen molar-refractivity contribution in [2.24, 2.45) is 0 Å². The Labute approximate surface area is 95.0 Å². The number of hydrogen-bond acceptors (Lipinski definition) is 3. The highest BCUT2D eigenvalue weighted by atomic mass is 16.5. The zero-order valence-electron chi connectivity index (χ0n) is 9.19. The van der Waals surface area contributed by atoms with Crippen molar-refractivity contribution in [3.63, 3.8) is 0 Å². The van der Waals surface area contributed by atoms with Crippen molar-refractivity contribution in [3.8, 4) is 5.75 Å². The number of benzene rings is 1. The van der Waals surface area contributed by atoms with E-state index >= 15 is 0 Å². The third kappa shape index (κ3) is 2.66. The molecule has 1 aromatic rings. The molecule has 4 nitrogen and oxygen atoms in total. The van der Waals surface area contributed by atoms with Crippen molar-refractivity contribution in [2.75, 3.05) is 25.4 Å². The number of ether oxygens (including phenoxy) is 1. The van der Waals surface area contributed by atoms with Gasteiger partial charge in [0, 0.05) is 24.7 Å². The molecule has 0 spiro atoms. The topological polar surface area (TPSA) is 55.6 Å². The summed E-state index contributed by atoms with van der Waals surface area (Å²) in [5.74, 6) is 0.989. The average Bonchev–Trinajstić information content (AvgIpc) is 2.65. The van der Waals surface area contributed by atoms with Gasteiger partial charge in [-0.1, -0.05) is 6.07 Å². The molecule has 1 saturated heterocycles. The van der Waals surface area contributed by atoms with Gasteiger partial charge in [-0.2, -0.15) is 0 Å². The number of anilines is 1. The maximum atomic E-state index is 11.3. The molecular weight excluding hydrogens is 204 g/mol. The Bertz CT molecular complexity index is 379. The smallest absolute Gasteiger partial charge is 0.222 e. The lowest BCUT2D eigenvalue weighted by molar-refractivity contribution is -0.128. The molecule has 0 saturated carbocycles. The van der Waals surface area contributed by atoms with Gasteiger partial charge in [0.25, 0.3) is 0 Å². The molecule has 2 rings (SSSR count). The summed E-state index contributed by atoms with van der Waals surface area (Å²) < 4.78 is 5.52. The molecule has 1 heterocycles. The molecule has 86 valence electrons. The first-order valence-electron chi connectivity index (χ1n) is 5.52. The molecule has 0 unspecified atom stereocenters. The van der Waals surface area contributed by atoms with E-state index in [4.69, 9.17) is 10.5 Å². The zero-order chi connectivity index (χ0) is 11.4. The first kappa shape index (κ1) is 10.8. The average molecular weight is 220 g/mol. The van der Waals surface area contributed by atoms with Gasteiger partial charge in [-0.3, -0.25) is 4.79 Å². The highest BCUT2D eigenvalue weighted by Gasteiger charge is 2.19. The Morgan fingerprint density at radius 3 is 3.00 bits per heavy atom. The van der Waals surface area contributed by atoms with E-state index in [2.05, 4.69) is 0 Å². The number of amides is 1. The van der Waals surface area contributed by atoms with Crippen LogP contribution in [0.25, 0.3) is 0 Å². The van der Waals surface area contributed by atoms with E-state index in [1.807, 2.05) is 23.1 Å². The van der Waals surface area contributed by atoms with E-state index in [0.717, 1.165) is 18.7 Å². The van der Waals surface area contributed by atoms with Crippen LogP contribution < -0.4 is 10.5 Å². The second-order valence-electron chi connectivity index (χ2n) is 3.91. The molecule has 1 fully saturated rings. The largest absolute Gasteiger partial charge is 0.492 e.